The molecule has 120 valence electrons. The minimum Gasteiger partial charge on any atom is -0.289 e. The van der Waals surface area contributed by atoms with E-state index >= 15 is 0 Å². The quantitative estimate of drug-likeness (QED) is 0.227. The Labute approximate surface area is 136 Å². The average Bonchev–Trinajstić information content (AvgIpc) is 2.53. The Morgan fingerprint density at radius 2 is 1.39 bits per heavy atom. The molecule has 8 heteroatoms. The number of benzene rings is 2. The second-order valence-corrected chi connectivity index (χ2v) is 5.15. The summed E-state index contributed by atoms with van der Waals surface area (Å²) in [4.78, 5) is 11.9. The fraction of sp³-hybridized carbons (Fsp3) is 0. The minimum atomic E-state index is -2.28. The molecular weight excluding hydrogens is 362 g/mol. The van der Waals surface area contributed by atoms with E-state index < -0.39 is 40.4 Å². The number of carbonyl (C=O) groups excluding carboxylic acids is 1. The molecule has 0 aromatic heterocycles. The van der Waals surface area contributed by atoms with Crippen LogP contribution in [0.4, 0.5) is 22.0 Å². The molecule has 0 saturated carbocycles. The van der Waals surface area contributed by atoms with Crippen LogP contribution in [0.5, 0.6) is 0 Å². The van der Waals surface area contributed by atoms with E-state index in [1.165, 1.54) is 18.2 Å². The van der Waals surface area contributed by atoms with Crippen molar-refractivity contribution in [3.63, 3.8) is 0 Å². The third-order valence-corrected chi connectivity index (χ3v) is 3.40. The van der Waals surface area contributed by atoms with Gasteiger partial charge in [0.1, 0.15) is 0 Å². The predicted molar refractivity (Wildman–Crippen MR) is 76.1 cm³/mol. The number of rotatable bonds is 3. The SMILES string of the molecule is O=C(/C=C/c1c(F)c(F)c(F)c(F)c1F)c1cc(Cl)ccc1Cl. The molecule has 0 aliphatic heterocycles. The number of ketones is 1. The Bertz CT molecular complexity index is 804. The molecule has 0 heterocycles. The van der Waals surface area contributed by atoms with Crippen LogP contribution in [-0.4, -0.2) is 5.78 Å². The van der Waals surface area contributed by atoms with Crippen molar-refractivity contribution in [1.82, 2.24) is 0 Å². The minimum absolute atomic E-state index is 0.0152. The van der Waals surface area contributed by atoms with Crippen LogP contribution >= 0.6 is 23.2 Å². The van der Waals surface area contributed by atoms with E-state index in [9.17, 15) is 26.7 Å². The van der Waals surface area contributed by atoms with Crippen molar-refractivity contribution in [1.29, 1.82) is 0 Å². The van der Waals surface area contributed by atoms with Gasteiger partial charge in [0.05, 0.1) is 10.6 Å². The van der Waals surface area contributed by atoms with Gasteiger partial charge in [-0.3, -0.25) is 4.79 Å². The highest BCUT2D eigenvalue weighted by Gasteiger charge is 2.24. The fourth-order valence-corrected chi connectivity index (χ4v) is 2.09. The summed E-state index contributed by atoms with van der Waals surface area (Å²) in [6, 6.07) is 3.94. The van der Waals surface area contributed by atoms with E-state index in [2.05, 4.69) is 0 Å². The third kappa shape index (κ3) is 3.38. The van der Waals surface area contributed by atoms with Gasteiger partial charge < -0.3 is 0 Å². The smallest absolute Gasteiger partial charge is 0.200 e. The van der Waals surface area contributed by atoms with Gasteiger partial charge in [0.2, 0.25) is 5.82 Å². The number of hydrogen-bond acceptors (Lipinski definition) is 1. The second-order valence-electron chi connectivity index (χ2n) is 4.31. The lowest BCUT2D eigenvalue weighted by molar-refractivity contribution is 0.104. The Hall–Kier alpha value is -1.92. The standard InChI is InChI=1S/C15H5Cl2F5O/c16-6-1-3-9(17)8(5-6)10(23)4-2-7-11(18)13(20)15(22)14(21)12(7)19/h1-5H/b4-2+. The molecule has 0 spiro atoms. The molecule has 0 fully saturated rings. The summed E-state index contributed by atoms with van der Waals surface area (Å²) in [5.74, 6) is -11.4. The van der Waals surface area contributed by atoms with Gasteiger partial charge in [-0.15, -0.1) is 0 Å². The van der Waals surface area contributed by atoms with Gasteiger partial charge in [0.15, 0.2) is 29.1 Å². The van der Waals surface area contributed by atoms with E-state index in [-0.39, 0.29) is 15.6 Å². The number of carbonyl (C=O) groups is 1. The maximum Gasteiger partial charge on any atom is 0.200 e. The molecule has 0 radical (unpaired) electrons. The first kappa shape index (κ1) is 17.4. The van der Waals surface area contributed by atoms with Gasteiger partial charge in [0, 0.05) is 10.6 Å². The first-order valence-corrected chi connectivity index (χ1v) is 6.68. The zero-order chi connectivity index (χ0) is 17.3. The number of halogens is 7. The molecule has 0 amide bonds. The maximum atomic E-state index is 13.5. The van der Waals surface area contributed by atoms with Gasteiger partial charge in [-0.25, -0.2) is 22.0 Å². The molecular formula is C15H5Cl2F5O. The van der Waals surface area contributed by atoms with E-state index in [1.54, 1.807) is 0 Å². The monoisotopic (exact) mass is 366 g/mol. The van der Waals surface area contributed by atoms with Crippen LogP contribution < -0.4 is 0 Å². The third-order valence-electron chi connectivity index (χ3n) is 2.84. The zero-order valence-corrected chi connectivity index (χ0v) is 12.5. The highest BCUT2D eigenvalue weighted by Crippen LogP contribution is 2.25. The normalized spacial score (nSPS) is 11.3. The molecule has 2 aromatic rings. The lowest BCUT2D eigenvalue weighted by Gasteiger charge is -2.04. The predicted octanol–water partition coefficient (Wildman–Crippen LogP) is 5.59. The summed E-state index contributed by atoms with van der Waals surface area (Å²) in [6.45, 7) is 0. The van der Waals surface area contributed by atoms with Crippen molar-refractivity contribution in [2.75, 3.05) is 0 Å². The summed E-state index contributed by atoms with van der Waals surface area (Å²) in [5.41, 5.74) is -1.31. The Balaban J connectivity index is 2.45. The van der Waals surface area contributed by atoms with E-state index in [4.69, 9.17) is 23.2 Å². The molecule has 0 aliphatic carbocycles. The van der Waals surface area contributed by atoms with Gasteiger partial charge in [-0.2, -0.15) is 0 Å². The van der Waals surface area contributed by atoms with Gasteiger partial charge in [-0.05, 0) is 30.4 Å². The molecule has 0 atom stereocenters. The molecule has 0 bridgehead atoms. The Morgan fingerprint density at radius 3 is 1.96 bits per heavy atom. The summed E-state index contributed by atoms with van der Waals surface area (Å²) in [6.07, 6.45) is 1.12. The van der Waals surface area contributed by atoms with Crippen LogP contribution in [0.3, 0.4) is 0 Å². The molecule has 0 unspecified atom stereocenters. The summed E-state index contributed by atoms with van der Waals surface area (Å²) >= 11 is 11.5. The van der Waals surface area contributed by atoms with Gasteiger partial charge >= 0.3 is 0 Å². The van der Waals surface area contributed by atoms with Crippen molar-refractivity contribution in [2.24, 2.45) is 0 Å². The topological polar surface area (TPSA) is 17.1 Å². The van der Waals surface area contributed by atoms with Gasteiger partial charge in [0.25, 0.3) is 0 Å². The van der Waals surface area contributed by atoms with Crippen molar-refractivity contribution in [3.05, 3.63) is 74.5 Å². The summed E-state index contributed by atoms with van der Waals surface area (Å²) in [7, 11) is 0. The van der Waals surface area contributed by atoms with Crippen molar-refractivity contribution < 1.29 is 26.7 Å². The van der Waals surface area contributed by atoms with Crippen LogP contribution in [0.1, 0.15) is 15.9 Å². The highest BCUT2D eigenvalue weighted by atomic mass is 35.5. The summed E-state index contributed by atoms with van der Waals surface area (Å²) < 4.78 is 65.9. The van der Waals surface area contributed by atoms with Crippen LogP contribution in [0.15, 0.2) is 24.3 Å². The molecule has 0 N–H and O–H groups in total. The molecule has 0 aliphatic rings. The average molecular weight is 367 g/mol. The van der Waals surface area contributed by atoms with E-state index in [0.29, 0.717) is 12.2 Å². The van der Waals surface area contributed by atoms with Crippen LogP contribution in [0.2, 0.25) is 10.0 Å². The van der Waals surface area contributed by atoms with Gasteiger partial charge in [-0.1, -0.05) is 23.2 Å². The maximum absolute atomic E-state index is 13.5. The lowest BCUT2D eigenvalue weighted by atomic mass is 10.1. The molecule has 23 heavy (non-hydrogen) atoms. The van der Waals surface area contributed by atoms with Crippen molar-refractivity contribution in [2.45, 2.75) is 0 Å². The molecule has 2 rings (SSSR count). The first-order chi connectivity index (χ1) is 10.7. The van der Waals surface area contributed by atoms with Crippen LogP contribution in [0, 0.1) is 29.1 Å². The van der Waals surface area contributed by atoms with Crippen LogP contribution in [-0.2, 0) is 0 Å². The van der Waals surface area contributed by atoms with Crippen molar-refractivity contribution in [3.8, 4) is 0 Å². The first-order valence-electron chi connectivity index (χ1n) is 5.93. The van der Waals surface area contributed by atoms with E-state index in [1.807, 2.05) is 0 Å². The Morgan fingerprint density at radius 1 is 0.870 bits per heavy atom. The number of allylic oxidation sites excluding steroid dienone is 1. The van der Waals surface area contributed by atoms with Crippen LogP contribution in [0.25, 0.3) is 6.08 Å². The highest BCUT2D eigenvalue weighted by molar-refractivity contribution is 6.36. The Kier molecular flexibility index (Phi) is 5.06. The largest absolute Gasteiger partial charge is 0.289 e. The second kappa shape index (κ2) is 6.68. The lowest BCUT2D eigenvalue weighted by Crippen LogP contribution is -2.04. The summed E-state index contributed by atoms with van der Waals surface area (Å²) in [5, 5.41) is 0.198. The molecule has 0 saturated heterocycles. The van der Waals surface area contributed by atoms with E-state index in [0.717, 1.165) is 0 Å². The zero-order valence-electron chi connectivity index (χ0n) is 10.9. The molecule has 2 aromatic carbocycles. The molecule has 1 nitrogen and oxygen atoms in total. The number of hydrogen-bond donors (Lipinski definition) is 0. The van der Waals surface area contributed by atoms with Crippen molar-refractivity contribution >= 4 is 35.1 Å². The fourth-order valence-electron chi connectivity index (χ4n) is 1.70.